The number of nitrogens with zero attached hydrogens (tertiary/aromatic N) is 1. The van der Waals surface area contributed by atoms with E-state index in [9.17, 15) is 4.79 Å². The Bertz CT molecular complexity index is 630. The number of halogens is 1. The molecule has 110 valence electrons. The van der Waals surface area contributed by atoms with E-state index < -0.39 is 0 Å². The number of hydrogen-bond acceptors (Lipinski definition) is 3. The van der Waals surface area contributed by atoms with Gasteiger partial charge in [0.1, 0.15) is 5.69 Å². The molecule has 1 unspecified atom stereocenters. The zero-order chi connectivity index (χ0) is 15.2. The van der Waals surface area contributed by atoms with E-state index in [1.807, 2.05) is 44.2 Å². The summed E-state index contributed by atoms with van der Waals surface area (Å²) in [7, 11) is 0. The largest absolute Gasteiger partial charge is 0.385 e. The number of benzene rings is 1. The number of hydrogen-bond donors (Lipinski definition) is 2. The number of amides is 1. The van der Waals surface area contributed by atoms with Gasteiger partial charge in [0.05, 0.1) is 6.04 Å². The summed E-state index contributed by atoms with van der Waals surface area (Å²) >= 11 is 3.44. The van der Waals surface area contributed by atoms with Gasteiger partial charge >= 0.3 is 0 Å². The summed E-state index contributed by atoms with van der Waals surface area (Å²) in [6, 6.07) is 11.4. The molecule has 5 heteroatoms. The molecule has 0 aliphatic rings. The van der Waals surface area contributed by atoms with Crippen molar-refractivity contribution in [2.24, 2.45) is 0 Å². The molecule has 0 aliphatic carbocycles. The lowest BCUT2D eigenvalue weighted by Crippen LogP contribution is -2.27. The summed E-state index contributed by atoms with van der Waals surface area (Å²) < 4.78 is 0.994. The van der Waals surface area contributed by atoms with E-state index in [-0.39, 0.29) is 11.9 Å². The van der Waals surface area contributed by atoms with Crippen molar-refractivity contribution in [2.45, 2.75) is 19.9 Å². The van der Waals surface area contributed by atoms with Crippen molar-refractivity contribution < 1.29 is 4.79 Å². The number of pyridine rings is 1. The fraction of sp³-hybridized carbons (Fsp3) is 0.250. The van der Waals surface area contributed by atoms with E-state index >= 15 is 0 Å². The van der Waals surface area contributed by atoms with Crippen molar-refractivity contribution in [3.63, 3.8) is 0 Å². The maximum absolute atomic E-state index is 12.3. The number of rotatable bonds is 5. The van der Waals surface area contributed by atoms with E-state index in [1.165, 1.54) is 0 Å². The Hall–Kier alpha value is -1.88. The predicted octanol–water partition coefficient (Wildman–Crippen LogP) is 3.77. The van der Waals surface area contributed by atoms with Crippen LogP contribution in [0.2, 0.25) is 0 Å². The smallest absolute Gasteiger partial charge is 0.270 e. The maximum atomic E-state index is 12.3. The van der Waals surface area contributed by atoms with Gasteiger partial charge in [-0.3, -0.25) is 9.78 Å². The number of nitrogens with one attached hydrogen (secondary N) is 2. The average Bonchev–Trinajstić information content (AvgIpc) is 2.48. The first-order chi connectivity index (χ1) is 10.1. The number of aromatic nitrogens is 1. The van der Waals surface area contributed by atoms with E-state index in [2.05, 4.69) is 31.5 Å². The molecule has 21 heavy (non-hydrogen) atoms. The molecule has 1 aromatic heterocycles. The third kappa shape index (κ3) is 4.29. The minimum atomic E-state index is -0.178. The molecule has 0 aliphatic heterocycles. The molecule has 4 nitrogen and oxygen atoms in total. The second-order valence-corrected chi connectivity index (χ2v) is 5.63. The molecule has 1 heterocycles. The van der Waals surface area contributed by atoms with Crippen molar-refractivity contribution in [3.05, 3.63) is 58.3 Å². The second kappa shape index (κ2) is 7.22. The van der Waals surface area contributed by atoms with Crippen LogP contribution >= 0.6 is 15.9 Å². The van der Waals surface area contributed by atoms with Crippen LogP contribution in [0.15, 0.2) is 47.1 Å². The van der Waals surface area contributed by atoms with Crippen LogP contribution in [0.4, 0.5) is 5.69 Å². The Kier molecular flexibility index (Phi) is 5.33. The van der Waals surface area contributed by atoms with Crippen molar-refractivity contribution in [1.82, 2.24) is 10.3 Å². The van der Waals surface area contributed by atoms with Crippen LogP contribution in [0, 0.1) is 0 Å². The summed E-state index contributed by atoms with van der Waals surface area (Å²) in [6.45, 7) is 4.77. The summed E-state index contributed by atoms with van der Waals surface area (Å²) in [5.41, 5.74) is 2.35. The standard InChI is InChI=1S/C16H18BrN3O/c1-3-18-14-7-8-19-15(10-14)16(21)20-11(2)12-5-4-6-13(17)9-12/h4-11H,3H2,1-2H3,(H,18,19)(H,20,21). The monoisotopic (exact) mass is 347 g/mol. The van der Waals surface area contributed by atoms with Crippen LogP contribution in [-0.2, 0) is 0 Å². The lowest BCUT2D eigenvalue weighted by molar-refractivity contribution is 0.0935. The first-order valence-corrected chi connectivity index (χ1v) is 7.65. The Balaban J connectivity index is 2.08. The summed E-state index contributed by atoms with van der Waals surface area (Å²) in [5.74, 6) is -0.178. The maximum Gasteiger partial charge on any atom is 0.270 e. The molecular formula is C16H18BrN3O. The third-order valence-corrected chi connectivity index (χ3v) is 3.56. The Morgan fingerprint density at radius 1 is 1.33 bits per heavy atom. The molecule has 0 radical (unpaired) electrons. The average molecular weight is 348 g/mol. The van der Waals surface area contributed by atoms with Gasteiger partial charge in [-0.1, -0.05) is 28.1 Å². The van der Waals surface area contributed by atoms with Crippen LogP contribution in [0.5, 0.6) is 0 Å². The molecule has 0 fully saturated rings. The molecule has 0 saturated heterocycles. The molecule has 1 atom stereocenters. The fourth-order valence-corrected chi connectivity index (χ4v) is 2.42. The quantitative estimate of drug-likeness (QED) is 0.865. The first-order valence-electron chi connectivity index (χ1n) is 6.86. The second-order valence-electron chi connectivity index (χ2n) is 4.71. The molecular weight excluding hydrogens is 330 g/mol. The number of anilines is 1. The molecule has 2 N–H and O–H groups in total. The third-order valence-electron chi connectivity index (χ3n) is 3.07. The molecule has 0 saturated carbocycles. The highest BCUT2D eigenvalue weighted by molar-refractivity contribution is 9.10. The van der Waals surface area contributed by atoms with E-state index in [0.717, 1.165) is 22.3 Å². The SMILES string of the molecule is CCNc1ccnc(C(=O)NC(C)c2cccc(Br)c2)c1. The highest BCUT2D eigenvalue weighted by Crippen LogP contribution is 2.18. The molecule has 2 aromatic rings. The van der Waals surface area contributed by atoms with Gasteiger partial charge < -0.3 is 10.6 Å². The molecule has 0 spiro atoms. The summed E-state index contributed by atoms with van der Waals surface area (Å²) in [4.78, 5) is 16.4. The minimum Gasteiger partial charge on any atom is -0.385 e. The van der Waals surface area contributed by atoms with Crippen LogP contribution in [0.1, 0.15) is 35.9 Å². The van der Waals surface area contributed by atoms with Crippen LogP contribution in [0.25, 0.3) is 0 Å². The Morgan fingerprint density at radius 2 is 2.14 bits per heavy atom. The Labute approximate surface area is 133 Å². The fourth-order valence-electron chi connectivity index (χ4n) is 2.00. The van der Waals surface area contributed by atoms with Crippen molar-refractivity contribution >= 4 is 27.5 Å². The summed E-state index contributed by atoms with van der Waals surface area (Å²) in [5, 5.41) is 6.13. The number of carbonyl (C=O) groups excluding carboxylic acids is 1. The van der Waals surface area contributed by atoms with Crippen molar-refractivity contribution in [1.29, 1.82) is 0 Å². The van der Waals surface area contributed by atoms with Gasteiger partial charge in [-0.15, -0.1) is 0 Å². The normalized spacial score (nSPS) is 11.8. The minimum absolute atomic E-state index is 0.0837. The van der Waals surface area contributed by atoms with Crippen LogP contribution in [0.3, 0.4) is 0 Å². The van der Waals surface area contributed by atoms with Crippen LogP contribution in [-0.4, -0.2) is 17.4 Å². The first kappa shape index (κ1) is 15.5. The molecule has 1 amide bonds. The van der Waals surface area contributed by atoms with E-state index in [0.29, 0.717) is 5.69 Å². The molecule has 1 aromatic carbocycles. The van der Waals surface area contributed by atoms with Gasteiger partial charge in [0, 0.05) is 22.9 Å². The molecule has 2 rings (SSSR count). The van der Waals surface area contributed by atoms with Gasteiger partial charge in [0.25, 0.3) is 5.91 Å². The van der Waals surface area contributed by atoms with Gasteiger partial charge in [-0.2, -0.15) is 0 Å². The zero-order valence-electron chi connectivity index (χ0n) is 12.1. The predicted molar refractivity (Wildman–Crippen MR) is 88.4 cm³/mol. The lowest BCUT2D eigenvalue weighted by Gasteiger charge is -2.14. The highest BCUT2D eigenvalue weighted by Gasteiger charge is 2.13. The van der Waals surface area contributed by atoms with Gasteiger partial charge in [-0.25, -0.2) is 0 Å². The van der Waals surface area contributed by atoms with E-state index in [4.69, 9.17) is 0 Å². The van der Waals surface area contributed by atoms with Crippen molar-refractivity contribution in [3.8, 4) is 0 Å². The van der Waals surface area contributed by atoms with Crippen LogP contribution < -0.4 is 10.6 Å². The zero-order valence-corrected chi connectivity index (χ0v) is 13.6. The van der Waals surface area contributed by atoms with Gasteiger partial charge in [0.2, 0.25) is 0 Å². The number of carbonyl (C=O) groups is 1. The summed E-state index contributed by atoms with van der Waals surface area (Å²) in [6.07, 6.45) is 1.64. The van der Waals surface area contributed by atoms with Gasteiger partial charge in [0.15, 0.2) is 0 Å². The molecule has 0 bridgehead atoms. The van der Waals surface area contributed by atoms with E-state index in [1.54, 1.807) is 12.3 Å². The van der Waals surface area contributed by atoms with Crippen molar-refractivity contribution in [2.75, 3.05) is 11.9 Å². The topological polar surface area (TPSA) is 54.0 Å². The Morgan fingerprint density at radius 3 is 2.86 bits per heavy atom. The lowest BCUT2D eigenvalue weighted by atomic mass is 10.1. The van der Waals surface area contributed by atoms with Gasteiger partial charge in [-0.05, 0) is 43.7 Å². The highest BCUT2D eigenvalue weighted by atomic mass is 79.9.